The maximum Gasteiger partial charge on any atom is 0.238 e. The summed E-state index contributed by atoms with van der Waals surface area (Å²) in [7, 11) is -1.92. The van der Waals surface area contributed by atoms with Crippen LogP contribution in [0.1, 0.15) is 45.6 Å². The highest BCUT2D eigenvalue weighted by Crippen LogP contribution is 2.59. The van der Waals surface area contributed by atoms with Crippen molar-refractivity contribution in [2.24, 2.45) is 10.4 Å². The summed E-state index contributed by atoms with van der Waals surface area (Å²) in [6, 6.07) is 4.70. The molecule has 1 aliphatic heterocycles. The highest BCUT2D eigenvalue weighted by atomic mass is 32.2. The zero-order valence-electron chi connectivity index (χ0n) is 22.4. The zero-order chi connectivity index (χ0) is 27.8. The zero-order valence-corrected chi connectivity index (χ0v) is 23.2. The van der Waals surface area contributed by atoms with E-state index < -0.39 is 21.3 Å². The van der Waals surface area contributed by atoms with E-state index in [0.29, 0.717) is 36.2 Å². The van der Waals surface area contributed by atoms with Gasteiger partial charge in [-0.15, -0.1) is 0 Å². The van der Waals surface area contributed by atoms with Crippen molar-refractivity contribution in [2.75, 3.05) is 31.2 Å². The summed E-state index contributed by atoms with van der Waals surface area (Å²) in [5, 5.41) is 3.21. The third kappa shape index (κ3) is 5.17. The second-order valence-electron chi connectivity index (χ2n) is 10.2. The topological polar surface area (TPSA) is 113 Å². The molecule has 1 fully saturated rings. The molecule has 204 valence electrons. The maximum atomic E-state index is 15.4. The summed E-state index contributed by atoms with van der Waals surface area (Å²) in [5.41, 5.74) is 2.60. The Labute approximate surface area is 223 Å². The number of aliphatic imine (C=N–C) groups is 1. The molecule has 0 radical (unpaired) electrons. The Balaban J connectivity index is 1.79. The molecule has 2 N–H and O–H groups in total. The fourth-order valence-electron chi connectivity index (χ4n) is 5.14. The van der Waals surface area contributed by atoms with Crippen LogP contribution in [0.15, 0.2) is 35.1 Å². The molecule has 1 aliphatic carbocycles. The van der Waals surface area contributed by atoms with Gasteiger partial charge in [0, 0.05) is 54.3 Å². The van der Waals surface area contributed by atoms with E-state index >= 15 is 4.39 Å². The fourth-order valence-corrected chi connectivity index (χ4v) is 5.68. The Morgan fingerprint density at radius 1 is 1.26 bits per heavy atom. The number of hydrogen-bond acceptors (Lipinski definition) is 7. The SMILES string of the molecule is C=Nc1cc(F)c(-c2cnc(OCCNC(C)C)c(NS(C)(=O)=O)c2)cc1C1=C(C)N(C)C(=O)C12CCC2. The molecule has 0 bridgehead atoms. The Hall–Kier alpha value is -3.31. The number of benzene rings is 1. The number of allylic oxidation sites excluding steroid dienone is 1. The van der Waals surface area contributed by atoms with Crippen LogP contribution in [0.2, 0.25) is 0 Å². The minimum absolute atomic E-state index is 0.0342. The molecule has 1 aromatic carbocycles. The number of nitrogens with zero attached hydrogens (tertiary/aromatic N) is 3. The molecule has 4 rings (SSSR count). The number of aromatic nitrogens is 1. The number of rotatable bonds is 10. The van der Waals surface area contributed by atoms with E-state index in [9.17, 15) is 13.2 Å². The lowest BCUT2D eigenvalue weighted by Crippen LogP contribution is -2.40. The molecule has 0 atom stereocenters. The third-order valence-electron chi connectivity index (χ3n) is 7.14. The first-order valence-electron chi connectivity index (χ1n) is 12.5. The van der Waals surface area contributed by atoms with Gasteiger partial charge in [0.2, 0.25) is 21.8 Å². The van der Waals surface area contributed by atoms with E-state index in [1.54, 1.807) is 18.0 Å². The normalized spacial score (nSPS) is 16.8. The number of sulfonamides is 1. The lowest BCUT2D eigenvalue weighted by atomic mass is 9.62. The number of carbonyl (C=O) groups is 1. The van der Waals surface area contributed by atoms with E-state index in [-0.39, 0.29) is 35.7 Å². The molecule has 11 heteroatoms. The van der Waals surface area contributed by atoms with Crippen molar-refractivity contribution in [3.05, 3.63) is 41.5 Å². The van der Waals surface area contributed by atoms with Gasteiger partial charge in [-0.1, -0.05) is 20.3 Å². The van der Waals surface area contributed by atoms with Crippen molar-refractivity contribution >= 4 is 39.6 Å². The van der Waals surface area contributed by atoms with E-state index in [4.69, 9.17) is 4.74 Å². The molecule has 2 aromatic rings. The molecule has 0 saturated heterocycles. The fraction of sp³-hybridized carbons (Fsp3) is 0.444. The quantitative estimate of drug-likeness (QED) is 0.341. The van der Waals surface area contributed by atoms with Gasteiger partial charge in [-0.3, -0.25) is 14.5 Å². The van der Waals surface area contributed by atoms with Gasteiger partial charge in [-0.2, -0.15) is 0 Å². The van der Waals surface area contributed by atoms with Gasteiger partial charge in [0.1, 0.15) is 18.1 Å². The standard InChI is InChI=1S/C27H34FN5O4S/c1-16(2)30-10-11-37-25-23(32-38(6,35)36)12-18(15-31-25)19-13-20(22(29-4)14-21(19)28)24-17(3)33(5)26(34)27(24)8-7-9-27/h12-16,30,32H,4,7-11H2,1-3,5-6H3. The van der Waals surface area contributed by atoms with E-state index in [1.165, 1.54) is 18.3 Å². The van der Waals surface area contributed by atoms with Crippen LogP contribution in [0, 0.1) is 11.2 Å². The second-order valence-corrected chi connectivity index (χ2v) is 11.9. The van der Waals surface area contributed by atoms with Crippen LogP contribution in [-0.2, 0) is 14.8 Å². The number of nitrogens with one attached hydrogen (secondary N) is 2. The molecular formula is C27H34FN5O4S. The van der Waals surface area contributed by atoms with Crippen LogP contribution in [0.3, 0.4) is 0 Å². The minimum Gasteiger partial charge on any atom is -0.475 e. The maximum absolute atomic E-state index is 15.4. The summed E-state index contributed by atoms with van der Waals surface area (Å²) in [6.45, 7) is 10.3. The van der Waals surface area contributed by atoms with Gasteiger partial charge < -0.3 is 15.0 Å². The number of pyridine rings is 1. The number of hydrogen-bond donors (Lipinski definition) is 2. The molecule has 2 heterocycles. The summed E-state index contributed by atoms with van der Waals surface area (Å²) >= 11 is 0. The first kappa shape index (κ1) is 27.7. The van der Waals surface area contributed by atoms with Gasteiger partial charge in [-0.05, 0) is 44.2 Å². The van der Waals surface area contributed by atoms with Crippen LogP contribution >= 0.6 is 0 Å². The summed E-state index contributed by atoms with van der Waals surface area (Å²) in [6.07, 6.45) is 4.82. The van der Waals surface area contributed by atoms with Gasteiger partial charge >= 0.3 is 0 Å². The monoisotopic (exact) mass is 543 g/mol. The van der Waals surface area contributed by atoms with Gasteiger partial charge in [0.15, 0.2) is 0 Å². The van der Waals surface area contributed by atoms with Crippen molar-refractivity contribution in [3.8, 4) is 17.0 Å². The lowest BCUT2D eigenvalue weighted by molar-refractivity contribution is -0.137. The van der Waals surface area contributed by atoms with Crippen molar-refractivity contribution in [1.82, 2.24) is 15.2 Å². The Morgan fingerprint density at radius 3 is 2.55 bits per heavy atom. The number of ether oxygens (including phenoxy) is 1. The van der Waals surface area contributed by atoms with Crippen molar-refractivity contribution in [2.45, 2.75) is 46.1 Å². The Bertz CT molecular complexity index is 1420. The smallest absolute Gasteiger partial charge is 0.238 e. The number of amides is 1. The molecule has 2 aliphatic rings. The second kappa shape index (κ2) is 10.5. The average molecular weight is 544 g/mol. The average Bonchev–Trinajstić information content (AvgIpc) is 3.02. The van der Waals surface area contributed by atoms with Crippen molar-refractivity contribution < 1.29 is 22.3 Å². The number of carbonyl (C=O) groups excluding carboxylic acids is 1. The minimum atomic E-state index is -3.67. The van der Waals surface area contributed by atoms with Crippen LogP contribution in [0.4, 0.5) is 15.8 Å². The largest absolute Gasteiger partial charge is 0.475 e. The van der Waals surface area contributed by atoms with Crippen LogP contribution in [0.25, 0.3) is 16.7 Å². The van der Waals surface area contributed by atoms with E-state index in [0.717, 1.165) is 23.9 Å². The Morgan fingerprint density at radius 2 is 1.97 bits per heavy atom. The highest BCUT2D eigenvalue weighted by Gasteiger charge is 2.54. The molecule has 1 amide bonds. The predicted molar refractivity (Wildman–Crippen MR) is 148 cm³/mol. The number of anilines is 1. The molecule has 38 heavy (non-hydrogen) atoms. The molecule has 1 spiro atoms. The molecule has 9 nitrogen and oxygen atoms in total. The van der Waals surface area contributed by atoms with Gasteiger partial charge in [0.25, 0.3) is 0 Å². The van der Waals surface area contributed by atoms with E-state index in [2.05, 4.69) is 26.7 Å². The van der Waals surface area contributed by atoms with Gasteiger partial charge in [-0.25, -0.2) is 17.8 Å². The third-order valence-corrected chi connectivity index (χ3v) is 7.73. The van der Waals surface area contributed by atoms with Crippen LogP contribution < -0.4 is 14.8 Å². The first-order chi connectivity index (χ1) is 17.9. The molecular weight excluding hydrogens is 509 g/mol. The van der Waals surface area contributed by atoms with E-state index in [1.807, 2.05) is 20.8 Å². The number of halogens is 1. The summed E-state index contributed by atoms with van der Waals surface area (Å²) < 4.78 is 47.7. The lowest BCUT2D eigenvalue weighted by Gasteiger charge is -2.39. The van der Waals surface area contributed by atoms with Crippen LogP contribution in [-0.4, -0.2) is 63.4 Å². The highest BCUT2D eigenvalue weighted by molar-refractivity contribution is 7.92. The van der Waals surface area contributed by atoms with Gasteiger partial charge in [0.05, 0.1) is 17.4 Å². The summed E-state index contributed by atoms with van der Waals surface area (Å²) in [4.78, 5) is 23.2. The molecule has 0 unspecified atom stereocenters. The van der Waals surface area contributed by atoms with Crippen LogP contribution in [0.5, 0.6) is 5.88 Å². The van der Waals surface area contributed by atoms with Crippen molar-refractivity contribution in [3.63, 3.8) is 0 Å². The van der Waals surface area contributed by atoms with Crippen molar-refractivity contribution in [1.29, 1.82) is 0 Å². The summed E-state index contributed by atoms with van der Waals surface area (Å²) in [5.74, 6) is -0.451. The molecule has 1 aromatic heterocycles. The first-order valence-corrected chi connectivity index (χ1v) is 14.4. The predicted octanol–water partition coefficient (Wildman–Crippen LogP) is 4.34. The molecule has 1 saturated carbocycles. The Kier molecular flexibility index (Phi) is 7.62.